The van der Waals surface area contributed by atoms with Crippen LogP contribution in [0.4, 0.5) is 17.1 Å². The highest BCUT2D eigenvalue weighted by molar-refractivity contribution is 7.26. The van der Waals surface area contributed by atoms with Crippen molar-refractivity contribution in [2.75, 3.05) is 4.90 Å². The molecule has 0 saturated heterocycles. The van der Waals surface area contributed by atoms with Gasteiger partial charge in [-0.25, -0.2) is 0 Å². The summed E-state index contributed by atoms with van der Waals surface area (Å²) in [4.78, 5) is 2.59. The van der Waals surface area contributed by atoms with E-state index in [1.165, 1.54) is 119 Å². The van der Waals surface area contributed by atoms with Gasteiger partial charge in [0.2, 0.25) is 0 Å². The standard InChI is InChI=1S/C54H53NS/c1-53(2,3)39-33-38(34-40(35-39)54(4,5)6)41-23-10-13-28-46(41)55(48-30-18-32-50-52(48)45-25-12-15-31-49(45)56-50)47-29-14-11-24-43(47)44-27-17-22-37-21-16-26-42(51(37)44)36-19-8-7-9-20-36/h10-18,21-36H,7-9,19-20H2,1-6H3. The summed E-state index contributed by atoms with van der Waals surface area (Å²) in [6.45, 7) is 14.0. The maximum Gasteiger partial charge on any atom is 0.0555 e. The number of benzene rings is 7. The second-order valence-corrected chi connectivity index (χ2v) is 19.1. The zero-order valence-corrected chi connectivity index (χ0v) is 34.6. The average molecular weight is 748 g/mol. The molecule has 280 valence electrons. The van der Waals surface area contributed by atoms with Gasteiger partial charge >= 0.3 is 0 Å². The van der Waals surface area contributed by atoms with Crippen molar-refractivity contribution in [3.63, 3.8) is 0 Å². The molecule has 1 nitrogen and oxygen atoms in total. The molecule has 1 aromatic heterocycles. The quantitative estimate of drug-likeness (QED) is 0.164. The predicted octanol–water partition coefficient (Wildman–Crippen LogP) is 16.7. The minimum atomic E-state index is 0.00281. The van der Waals surface area contributed by atoms with Crippen molar-refractivity contribution in [2.24, 2.45) is 0 Å². The van der Waals surface area contributed by atoms with Gasteiger partial charge in [0.15, 0.2) is 0 Å². The van der Waals surface area contributed by atoms with E-state index in [9.17, 15) is 0 Å². The van der Waals surface area contributed by atoms with Crippen LogP contribution in [0.5, 0.6) is 0 Å². The van der Waals surface area contributed by atoms with E-state index in [1.54, 1.807) is 0 Å². The van der Waals surface area contributed by atoms with E-state index >= 15 is 0 Å². The number of hydrogen-bond acceptors (Lipinski definition) is 2. The van der Waals surface area contributed by atoms with Gasteiger partial charge in [0.05, 0.1) is 17.1 Å². The Labute approximate surface area is 337 Å². The molecule has 0 unspecified atom stereocenters. The van der Waals surface area contributed by atoms with Gasteiger partial charge in [-0.2, -0.15) is 0 Å². The maximum atomic E-state index is 2.59. The molecule has 0 amide bonds. The second kappa shape index (κ2) is 14.4. The molecule has 0 N–H and O–H groups in total. The Balaban J connectivity index is 1.36. The molecule has 9 rings (SSSR count). The minimum Gasteiger partial charge on any atom is -0.309 e. The number of anilines is 3. The Kier molecular flexibility index (Phi) is 9.37. The third-order valence-electron chi connectivity index (χ3n) is 12.2. The van der Waals surface area contributed by atoms with Crippen LogP contribution in [0.15, 0.2) is 146 Å². The van der Waals surface area contributed by atoms with E-state index in [0.717, 1.165) is 0 Å². The third kappa shape index (κ3) is 6.62. The zero-order valence-electron chi connectivity index (χ0n) is 33.8. The Morgan fingerprint density at radius 2 is 1.04 bits per heavy atom. The summed E-state index contributed by atoms with van der Waals surface area (Å²) in [7, 11) is 0. The summed E-state index contributed by atoms with van der Waals surface area (Å²) in [6, 6.07) is 55.4. The Hall–Kier alpha value is -5.18. The minimum absolute atomic E-state index is 0.00281. The van der Waals surface area contributed by atoms with Crippen LogP contribution < -0.4 is 4.90 Å². The van der Waals surface area contributed by atoms with Crippen LogP contribution in [0, 0.1) is 0 Å². The topological polar surface area (TPSA) is 3.24 Å². The summed E-state index contributed by atoms with van der Waals surface area (Å²) in [5.74, 6) is 0.593. The molecule has 1 aliphatic rings. The molecule has 7 aromatic carbocycles. The van der Waals surface area contributed by atoms with Gasteiger partial charge in [0.1, 0.15) is 0 Å². The monoisotopic (exact) mass is 747 g/mol. The van der Waals surface area contributed by atoms with Crippen LogP contribution in [0.1, 0.15) is 96.3 Å². The van der Waals surface area contributed by atoms with Crippen LogP contribution in [-0.2, 0) is 10.8 Å². The molecule has 1 saturated carbocycles. The van der Waals surface area contributed by atoms with Gasteiger partial charge in [-0.3, -0.25) is 0 Å². The summed E-state index contributed by atoms with van der Waals surface area (Å²) < 4.78 is 2.62. The van der Waals surface area contributed by atoms with E-state index in [4.69, 9.17) is 0 Å². The highest BCUT2D eigenvalue weighted by atomic mass is 32.1. The Bertz CT molecular complexity index is 2670. The van der Waals surface area contributed by atoms with Crippen molar-refractivity contribution in [3.05, 3.63) is 162 Å². The Morgan fingerprint density at radius 1 is 0.482 bits per heavy atom. The van der Waals surface area contributed by atoms with E-state index in [-0.39, 0.29) is 10.8 Å². The van der Waals surface area contributed by atoms with Gasteiger partial charge in [-0.05, 0) is 98.5 Å². The number of rotatable bonds is 6. The zero-order chi connectivity index (χ0) is 38.6. The molecule has 1 aliphatic carbocycles. The fourth-order valence-corrected chi connectivity index (χ4v) is 10.3. The molecule has 2 heteroatoms. The fourth-order valence-electron chi connectivity index (χ4n) is 9.14. The van der Waals surface area contributed by atoms with E-state index in [1.807, 2.05) is 11.3 Å². The first-order valence-corrected chi connectivity index (χ1v) is 21.4. The molecule has 56 heavy (non-hydrogen) atoms. The summed E-state index contributed by atoms with van der Waals surface area (Å²) in [5.41, 5.74) is 12.9. The Morgan fingerprint density at radius 3 is 1.75 bits per heavy atom. The van der Waals surface area contributed by atoms with Crippen LogP contribution in [0.3, 0.4) is 0 Å². The number of nitrogens with zero attached hydrogens (tertiary/aromatic N) is 1. The average Bonchev–Trinajstić information content (AvgIpc) is 3.60. The van der Waals surface area contributed by atoms with E-state index in [0.29, 0.717) is 5.92 Å². The van der Waals surface area contributed by atoms with Gasteiger partial charge in [0.25, 0.3) is 0 Å². The summed E-state index contributed by atoms with van der Waals surface area (Å²) >= 11 is 1.89. The van der Waals surface area contributed by atoms with Gasteiger partial charge < -0.3 is 4.90 Å². The lowest BCUT2D eigenvalue weighted by molar-refractivity contribution is 0.445. The first-order valence-electron chi connectivity index (χ1n) is 20.6. The molecule has 0 radical (unpaired) electrons. The fraction of sp³-hybridized carbons (Fsp3) is 0.259. The van der Waals surface area contributed by atoms with Gasteiger partial charge in [-0.15, -0.1) is 11.3 Å². The lowest BCUT2D eigenvalue weighted by Gasteiger charge is -2.32. The largest absolute Gasteiger partial charge is 0.309 e. The SMILES string of the molecule is CC(C)(C)c1cc(-c2ccccc2N(c2ccccc2-c2cccc3cccc(C4CCCCC4)c23)c2cccc3sc4ccccc4c23)cc(C(C)(C)C)c1. The van der Waals surface area contributed by atoms with Crippen molar-refractivity contribution in [1.29, 1.82) is 0 Å². The molecule has 0 bridgehead atoms. The summed E-state index contributed by atoms with van der Waals surface area (Å²) in [5, 5.41) is 5.34. The van der Waals surface area contributed by atoms with Gasteiger partial charge in [0, 0.05) is 31.3 Å². The van der Waals surface area contributed by atoms with E-state index in [2.05, 4.69) is 192 Å². The molecular weight excluding hydrogens is 695 g/mol. The first-order chi connectivity index (χ1) is 27.1. The molecule has 1 fully saturated rings. The lowest BCUT2D eigenvalue weighted by atomic mass is 9.78. The molecule has 0 aliphatic heterocycles. The van der Waals surface area contributed by atoms with E-state index < -0.39 is 0 Å². The van der Waals surface area contributed by atoms with Crippen molar-refractivity contribution < 1.29 is 0 Å². The molecule has 1 heterocycles. The third-order valence-corrected chi connectivity index (χ3v) is 13.3. The highest BCUT2D eigenvalue weighted by Crippen LogP contribution is 2.51. The smallest absolute Gasteiger partial charge is 0.0555 e. The number of para-hydroxylation sites is 2. The molecule has 8 aromatic rings. The van der Waals surface area contributed by atoms with Crippen LogP contribution >= 0.6 is 11.3 Å². The molecular formula is C54H53NS. The predicted molar refractivity (Wildman–Crippen MR) is 246 cm³/mol. The molecule has 0 atom stereocenters. The number of hydrogen-bond donors (Lipinski definition) is 0. The first kappa shape index (κ1) is 36.5. The number of fused-ring (bicyclic) bond motifs is 4. The second-order valence-electron chi connectivity index (χ2n) is 18.0. The van der Waals surface area contributed by atoms with Gasteiger partial charge in [-0.1, -0.05) is 176 Å². The van der Waals surface area contributed by atoms with Crippen molar-refractivity contribution in [3.8, 4) is 22.3 Å². The maximum absolute atomic E-state index is 2.59. The van der Waals surface area contributed by atoms with Crippen LogP contribution in [0.25, 0.3) is 53.2 Å². The highest BCUT2D eigenvalue weighted by Gasteiger charge is 2.27. The summed E-state index contributed by atoms with van der Waals surface area (Å²) in [6.07, 6.45) is 6.52. The normalized spacial score (nSPS) is 14.2. The lowest BCUT2D eigenvalue weighted by Crippen LogP contribution is -2.17. The van der Waals surface area contributed by atoms with Crippen molar-refractivity contribution in [2.45, 2.75) is 90.4 Å². The number of thiophene rings is 1. The van der Waals surface area contributed by atoms with Crippen molar-refractivity contribution >= 4 is 59.3 Å². The van der Waals surface area contributed by atoms with Crippen LogP contribution in [-0.4, -0.2) is 0 Å². The van der Waals surface area contributed by atoms with Crippen LogP contribution in [0.2, 0.25) is 0 Å². The van der Waals surface area contributed by atoms with Crippen molar-refractivity contribution in [1.82, 2.24) is 0 Å². The molecule has 0 spiro atoms.